The Kier molecular flexibility index (Phi) is 3.78. The van der Waals surface area contributed by atoms with Gasteiger partial charge in [-0.15, -0.1) is 0 Å². The van der Waals surface area contributed by atoms with Gasteiger partial charge in [-0.2, -0.15) is 0 Å². The monoisotopic (exact) mass is 239 g/mol. The Balaban J connectivity index is 2.28. The SMILES string of the molecule is CCN(C(C)=O)c1ccc(-c2ccccc2)cc1. The summed E-state index contributed by atoms with van der Waals surface area (Å²) < 4.78 is 0. The molecule has 0 atom stereocenters. The van der Waals surface area contributed by atoms with Crippen LogP contribution >= 0.6 is 0 Å². The van der Waals surface area contributed by atoms with Crippen molar-refractivity contribution in [1.29, 1.82) is 0 Å². The summed E-state index contributed by atoms with van der Waals surface area (Å²) in [5.41, 5.74) is 3.30. The smallest absolute Gasteiger partial charge is 0.223 e. The average Bonchev–Trinajstić information content (AvgIpc) is 2.41. The summed E-state index contributed by atoms with van der Waals surface area (Å²) in [6.45, 7) is 4.27. The van der Waals surface area contributed by atoms with Crippen molar-refractivity contribution in [2.24, 2.45) is 0 Å². The minimum atomic E-state index is 0.0740. The third kappa shape index (κ3) is 2.59. The Morgan fingerprint density at radius 1 is 0.944 bits per heavy atom. The van der Waals surface area contributed by atoms with Crippen LogP contribution in [0.25, 0.3) is 11.1 Å². The van der Waals surface area contributed by atoms with Crippen molar-refractivity contribution in [1.82, 2.24) is 0 Å². The molecule has 2 aromatic rings. The molecule has 18 heavy (non-hydrogen) atoms. The van der Waals surface area contributed by atoms with Crippen LogP contribution in [0, 0.1) is 0 Å². The van der Waals surface area contributed by atoms with E-state index in [-0.39, 0.29) is 5.91 Å². The zero-order chi connectivity index (χ0) is 13.0. The van der Waals surface area contributed by atoms with Crippen LogP contribution in [0.15, 0.2) is 54.6 Å². The van der Waals surface area contributed by atoms with Gasteiger partial charge >= 0.3 is 0 Å². The molecule has 0 aliphatic rings. The summed E-state index contributed by atoms with van der Waals surface area (Å²) in [4.78, 5) is 13.2. The predicted octanol–water partition coefficient (Wildman–Crippen LogP) is 3.73. The van der Waals surface area contributed by atoms with Crippen LogP contribution in [-0.4, -0.2) is 12.5 Å². The second-order valence-electron chi connectivity index (χ2n) is 4.18. The van der Waals surface area contributed by atoms with Crippen LogP contribution in [0.4, 0.5) is 5.69 Å². The lowest BCUT2D eigenvalue weighted by Gasteiger charge is -2.19. The molecule has 0 radical (unpaired) electrons. The molecule has 0 saturated heterocycles. The first-order valence-electron chi connectivity index (χ1n) is 6.16. The lowest BCUT2D eigenvalue weighted by Crippen LogP contribution is -2.27. The van der Waals surface area contributed by atoms with E-state index in [9.17, 15) is 4.79 Å². The highest BCUT2D eigenvalue weighted by molar-refractivity contribution is 5.91. The van der Waals surface area contributed by atoms with E-state index in [4.69, 9.17) is 0 Å². The van der Waals surface area contributed by atoms with Crippen LogP contribution in [0.5, 0.6) is 0 Å². The maximum atomic E-state index is 11.5. The number of carbonyl (C=O) groups excluding carboxylic acids is 1. The number of rotatable bonds is 3. The summed E-state index contributed by atoms with van der Waals surface area (Å²) in [7, 11) is 0. The first-order valence-corrected chi connectivity index (χ1v) is 6.16. The molecule has 0 N–H and O–H groups in total. The summed E-state index contributed by atoms with van der Waals surface area (Å²) in [6.07, 6.45) is 0. The van der Waals surface area contributed by atoms with Crippen molar-refractivity contribution >= 4 is 11.6 Å². The lowest BCUT2D eigenvalue weighted by molar-refractivity contribution is -0.116. The third-order valence-corrected chi connectivity index (χ3v) is 2.98. The maximum absolute atomic E-state index is 11.5. The van der Waals surface area contributed by atoms with Gasteiger partial charge in [0.05, 0.1) is 0 Å². The summed E-state index contributed by atoms with van der Waals surface area (Å²) in [6, 6.07) is 18.3. The van der Waals surface area contributed by atoms with Crippen LogP contribution in [0.1, 0.15) is 13.8 Å². The highest BCUT2D eigenvalue weighted by Gasteiger charge is 2.08. The molecule has 92 valence electrons. The predicted molar refractivity (Wildman–Crippen MR) is 75.6 cm³/mol. The maximum Gasteiger partial charge on any atom is 0.223 e. The molecule has 0 aliphatic carbocycles. The van der Waals surface area contributed by atoms with Gasteiger partial charge in [0.1, 0.15) is 0 Å². The Morgan fingerprint density at radius 3 is 2.00 bits per heavy atom. The molecule has 0 heterocycles. The minimum Gasteiger partial charge on any atom is -0.313 e. The topological polar surface area (TPSA) is 20.3 Å². The van der Waals surface area contributed by atoms with Crippen molar-refractivity contribution in [2.75, 3.05) is 11.4 Å². The number of amides is 1. The van der Waals surface area contributed by atoms with E-state index in [1.807, 2.05) is 37.3 Å². The standard InChI is InChI=1S/C16H17NO/c1-3-17(13(2)18)16-11-9-15(10-12-16)14-7-5-4-6-8-14/h4-12H,3H2,1-2H3. The van der Waals surface area contributed by atoms with Gasteiger partial charge < -0.3 is 4.90 Å². The number of carbonyl (C=O) groups is 1. The van der Waals surface area contributed by atoms with Gasteiger partial charge in [-0.05, 0) is 30.2 Å². The Hall–Kier alpha value is -2.09. The first-order chi connectivity index (χ1) is 8.72. The van der Waals surface area contributed by atoms with E-state index < -0.39 is 0 Å². The summed E-state index contributed by atoms with van der Waals surface area (Å²) in [5, 5.41) is 0. The quantitative estimate of drug-likeness (QED) is 0.799. The number of hydrogen-bond acceptors (Lipinski definition) is 1. The average molecular weight is 239 g/mol. The second kappa shape index (κ2) is 5.50. The molecule has 1 amide bonds. The highest BCUT2D eigenvalue weighted by atomic mass is 16.2. The van der Waals surface area contributed by atoms with Gasteiger partial charge in [-0.3, -0.25) is 4.79 Å². The van der Waals surface area contributed by atoms with E-state index >= 15 is 0 Å². The summed E-state index contributed by atoms with van der Waals surface area (Å²) >= 11 is 0. The number of benzene rings is 2. The van der Waals surface area contributed by atoms with Crippen molar-refractivity contribution < 1.29 is 4.79 Å². The van der Waals surface area contributed by atoms with Crippen LogP contribution in [-0.2, 0) is 4.79 Å². The zero-order valence-corrected chi connectivity index (χ0v) is 10.8. The molecule has 0 aromatic heterocycles. The largest absolute Gasteiger partial charge is 0.313 e. The normalized spacial score (nSPS) is 10.1. The second-order valence-corrected chi connectivity index (χ2v) is 4.18. The molecule has 0 saturated carbocycles. The van der Waals surface area contributed by atoms with E-state index in [1.165, 1.54) is 11.1 Å². The lowest BCUT2D eigenvalue weighted by atomic mass is 10.1. The van der Waals surface area contributed by atoms with E-state index in [2.05, 4.69) is 24.3 Å². The first kappa shape index (κ1) is 12.4. The van der Waals surface area contributed by atoms with Gasteiger partial charge in [0.15, 0.2) is 0 Å². The molecule has 2 nitrogen and oxygen atoms in total. The van der Waals surface area contributed by atoms with Crippen molar-refractivity contribution in [3.8, 4) is 11.1 Å². The molecule has 2 aromatic carbocycles. The van der Waals surface area contributed by atoms with Crippen LogP contribution in [0.3, 0.4) is 0 Å². The molecular formula is C16H17NO. The Bertz CT molecular complexity index is 517. The molecule has 0 aliphatic heterocycles. The summed E-state index contributed by atoms with van der Waals surface area (Å²) in [5.74, 6) is 0.0740. The van der Waals surface area contributed by atoms with Crippen LogP contribution < -0.4 is 4.90 Å². The molecular weight excluding hydrogens is 222 g/mol. The van der Waals surface area contributed by atoms with Crippen molar-refractivity contribution in [3.63, 3.8) is 0 Å². The van der Waals surface area contributed by atoms with Gasteiger partial charge in [0.25, 0.3) is 0 Å². The molecule has 2 rings (SSSR count). The number of anilines is 1. The van der Waals surface area contributed by atoms with Crippen molar-refractivity contribution in [3.05, 3.63) is 54.6 Å². The fourth-order valence-corrected chi connectivity index (χ4v) is 2.05. The molecule has 0 unspecified atom stereocenters. The van der Waals surface area contributed by atoms with Gasteiger partial charge in [0.2, 0.25) is 5.91 Å². The van der Waals surface area contributed by atoms with Crippen molar-refractivity contribution in [2.45, 2.75) is 13.8 Å². The zero-order valence-electron chi connectivity index (χ0n) is 10.8. The molecule has 0 spiro atoms. The fraction of sp³-hybridized carbons (Fsp3) is 0.188. The highest BCUT2D eigenvalue weighted by Crippen LogP contribution is 2.22. The molecule has 0 bridgehead atoms. The van der Waals surface area contributed by atoms with Gasteiger partial charge in [-0.1, -0.05) is 42.5 Å². The number of nitrogens with zero attached hydrogens (tertiary/aromatic N) is 1. The fourth-order valence-electron chi connectivity index (χ4n) is 2.05. The Morgan fingerprint density at radius 2 is 1.50 bits per heavy atom. The third-order valence-electron chi connectivity index (χ3n) is 2.98. The van der Waals surface area contributed by atoms with E-state index in [0.29, 0.717) is 6.54 Å². The number of hydrogen-bond donors (Lipinski definition) is 0. The van der Waals surface area contributed by atoms with Gasteiger partial charge in [-0.25, -0.2) is 0 Å². The minimum absolute atomic E-state index is 0.0740. The molecule has 0 fully saturated rings. The van der Waals surface area contributed by atoms with E-state index in [0.717, 1.165) is 5.69 Å². The Labute approximate surface area is 108 Å². The van der Waals surface area contributed by atoms with Crippen LogP contribution in [0.2, 0.25) is 0 Å². The van der Waals surface area contributed by atoms with E-state index in [1.54, 1.807) is 11.8 Å². The van der Waals surface area contributed by atoms with Gasteiger partial charge in [0, 0.05) is 19.2 Å². The molecule has 2 heteroatoms.